The molecule has 2 aromatic heterocycles. The number of fused-ring (bicyclic) bond motifs is 1. The van der Waals surface area contributed by atoms with E-state index in [-0.39, 0.29) is 11.7 Å². The summed E-state index contributed by atoms with van der Waals surface area (Å²) in [6, 6.07) is 1.15. The zero-order valence-corrected chi connectivity index (χ0v) is 10.1. The summed E-state index contributed by atoms with van der Waals surface area (Å²) in [5.74, 6) is 0.171. The molecule has 1 saturated heterocycles. The summed E-state index contributed by atoms with van der Waals surface area (Å²) in [4.78, 5) is 7.45. The van der Waals surface area contributed by atoms with E-state index in [1.54, 1.807) is 10.6 Å². The minimum absolute atomic E-state index is 0.0644. The van der Waals surface area contributed by atoms with Crippen LogP contribution >= 0.6 is 0 Å². The van der Waals surface area contributed by atoms with Crippen molar-refractivity contribution < 1.29 is 13.2 Å². The highest BCUT2D eigenvalue weighted by Crippen LogP contribution is 2.31. The lowest BCUT2D eigenvalue weighted by Crippen LogP contribution is -2.29. The van der Waals surface area contributed by atoms with Crippen LogP contribution in [0.3, 0.4) is 0 Å². The molecule has 3 heterocycles. The Balaban J connectivity index is 2.12. The third kappa shape index (κ3) is 2.30. The number of piperidine rings is 1. The lowest BCUT2D eigenvalue weighted by molar-refractivity contribution is -0.141. The first-order valence-corrected chi connectivity index (χ1v) is 6.17. The molecule has 102 valence electrons. The second-order valence-corrected chi connectivity index (χ2v) is 4.70. The van der Waals surface area contributed by atoms with Crippen LogP contribution in [0.4, 0.5) is 13.2 Å². The van der Waals surface area contributed by atoms with Crippen molar-refractivity contribution in [2.45, 2.75) is 24.9 Å². The Bertz CT molecular complexity index is 584. The van der Waals surface area contributed by atoms with Crippen molar-refractivity contribution >= 4 is 5.78 Å². The molecule has 1 N–H and O–H groups in total. The second kappa shape index (κ2) is 4.48. The number of nitrogens with zero attached hydrogens (tertiary/aromatic N) is 3. The first-order valence-electron chi connectivity index (χ1n) is 6.17. The molecule has 19 heavy (non-hydrogen) atoms. The predicted octanol–water partition coefficient (Wildman–Crippen LogP) is 2.22. The van der Waals surface area contributed by atoms with Gasteiger partial charge in [0, 0.05) is 30.6 Å². The quantitative estimate of drug-likeness (QED) is 0.864. The van der Waals surface area contributed by atoms with Gasteiger partial charge in [-0.05, 0) is 25.5 Å². The highest BCUT2D eigenvalue weighted by molar-refractivity contribution is 5.35. The number of halogens is 3. The molecule has 3 rings (SSSR count). The summed E-state index contributed by atoms with van der Waals surface area (Å²) in [5, 5.41) is 3.21. The van der Waals surface area contributed by atoms with Gasteiger partial charge in [0.15, 0.2) is 0 Å². The molecule has 1 fully saturated rings. The molecule has 1 aliphatic heterocycles. The van der Waals surface area contributed by atoms with E-state index in [9.17, 15) is 13.2 Å². The number of hydrogen-bond donors (Lipinski definition) is 1. The van der Waals surface area contributed by atoms with E-state index >= 15 is 0 Å². The Morgan fingerprint density at radius 3 is 2.89 bits per heavy atom. The van der Waals surface area contributed by atoms with Crippen molar-refractivity contribution in [3.05, 3.63) is 29.8 Å². The number of hydrogen-bond acceptors (Lipinski definition) is 3. The zero-order chi connectivity index (χ0) is 13.5. The van der Waals surface area contributed by atoms with Gasteiger partial charge in [-0.15, -0.1) is 0 Å². The maximum atomic E-state index is 12.9. The summed E-state index contributed by atoms with van der Waals surface area (Å²) in [7, 11) is 0. The van der Waals surface area contributed by atoms with Crippen LogP contribution in [0, 0.1) is 0 Å². The van der Waals surface area contributed by atoms with Gasteiger partial charge < -0.3 is 5.32 Å². The maximum absolute atomic E-state index is 12.9. The predicted molar refractivity (Wildman–Crippen MR) is 62.8 cm³/mol. The monoisotopic (exact) mass is 270 g/mol. The third-order valence-electron chi connectivity index (χ3n) is 3.41. The Morgan fingerprint density at radius 2 is 2.21 bits per heavy atom. The van der Waals surface area contributed by atoms with E-state index in [0.717, 1.165) is 25.5 Å². The molecule has 0 amide bonds. The Labute approximate surface area is 107 Å². The van der Waals surface area contributed by atoms with Gasteiger partial charge in [0.1, 0.15) is 5.69 Å². The molecule has 7 heteroatoms. The van der Waals surface area contributed by atoms with Gasteiger partial charge in [-0.25, -0.2) is 9.97 Å². The van der Waals surface area contributed by atoms with E-state index in [0.29, 0.717) is 12.2 Å². The standard InChI is InChI=1S/C12H13F3N4/c13-12(14,15)10-6-9(8-2-1-3-16-7-8)19-5-4-17-11(19)18-10/h4-6,8,16H,1-3,7H2. The average molecular weight is 270 g/mol. The van der Waals surface area contributed by atoms with E-state index in [1.165, 1.54) is 6.20 Å². The molecular formula is C12H13F3N4. The van der Waals surface area contributed by atoms with E-state index in [1.807, 2.05) is 0 Å². The topological polar surface area (TPSA) is 42.2 Å². The van der Waals surface area contributed by atoms with Crippen LogP contribution in [-0.2, 0) is 6.18 Å². The summed E-state index contributed by atoms with van der Waals surface area (Å²) >= 11 is 0. The van der Waals surface area contributed by atoms with E-state index in [4.69, 9.17) is 0 Å². The van der Waals surface area contributed by atoms with Crippen LogP contribution in [0.2, 0.25) is 0 Å². The van der Waals surface area contributed by atoms with Gasteiger partial charge in [-0.1, -0.05) is 0 Å². The van der Waals surface area contributed by atoms with Crippen molar-refractivity contribution in [1.82, 2.24) is 19.7 Å². The number of imidazole rings is 1. The van der Waals surface area contributed by atoms with Crippen molar-refractivity contribution in [3.63, 3.8) is 0 Å². The van der Waals surface area contributed by atoms with Gasteiger partial charge in [-0.3, -0.25) is 4.40 Å². The molecule has 0 spiro atoms. The molecule has 0 radical (unpaired) electrons. The first-order chi connectivity index (χ1) is 9.05. The first kappa shape index (κ1) is 12.4. The van der Waals surface area contributed by atoms with E-state index in [2.05, 4.69) is 15.3 Å². The van der Waals surface area contributed by atoms with Crippen molar-refractivity contribution in [2.75, 3.05) is 13.1 Å². The van der Waals surface area contributed by atoms with Crippen LogP contribution in [-0.4, -0.2) is 27.5 Å². The fraction of sp³-hybridized carbons (Fsp3) is 0.500. The Morgan fingerprint density at radius 1 is 1.37 bits per heavy atom. The van der Waals surface area contributed by atoms with Crippen LogP contribution < -0.4 is 5.32 Å². The van der Waals surface area contributed by atoms with Gasteiger partial charge in [0.2, 0.25) is 5.78 Å². The maximum Gasteiger partial charge on any atom is 0.433 e. The summed E-state index contributed by atoms with van der Waals surface area (Å²) < 4.78 is 40.2. The fourth-order valence-electron chi connectivity index (χ4n) is 2.49. The highest BCUT2D eigenvalue weighted by Gasteiger charge is 2.34. The molecule has 0 aromatic carbocycles. The van der Waals surface area contributed by atoms with Gasteiger partial charge in [-0.2, -0.15) is 13.2 Å². The summed E-state index contributed by atoms with van der Waals surface area (Å²) in [6.07, 6.45) is 0.533. The largest absolute Gasteiger partial charge is 0.433 e. The third-order valence-corrected chi connectivity index (χ3v) is 3.41. The minimum atomic E-state index is -4.44. The van der Waals surface area contributed by atoms with Crippen LogP contribution in [0.5, 0.6) is 0 Å². The van der Waals surface area contributed by atoms with Crippen molar-refractivity contribution in [3.8, 4) is 0 Å². The fourth-order valence-corrected chi connectivity index (χ4v) is 2.49. The molecule has 1 unspecified atom stereocenters. The number of alkyl halides is 3. The summed E-state index contributed by atoms with van der Waals surface area (Å²) in [6.45, 7) is 1.61. The number of rotatable bonds is 1. The number of nitrogens with one attached hydrogen (secondary N) is 1. The Kier molecular flexibility index (Phi) is 2.93. The van der Waals surface area contributed by atoms with Gasteiger partial charge in [0.25, 0.3) is 0 Å². The molecule has 4 nitrogen and oxygen atoms in total. The normalized spacial score (nSPS) is 20.9. The van der Waals surface area contributed by atoms with Gasteiger partial charge in [0.05, 0.1) is 0 Å². The molecule has 2 aromatic rings. The lowest BCUT2D eigenvalue weighted by atomic mass is 9.95. The molecule has 0 aliphatic carbocycles. The summed E-state index contributed by atoms with van der Waals surface area (Å²) in [5.41, 5.74) is -0.242. The van der Waals surface area contributed by atoms with Crippen LogP contribution in [0.1, 0.15) is 30.1 Å². The van der Waals surface area contributed by atoms with Crippen LogP contribution in [0.15, 0.2) is 18.5 Å². The van der Waals surface area contributed by atoms with Crippen molar-refractivity contribution in [2.24, 2.45) is 0 Å². The smallest absolute Gasteiger partial charge is 0.316 e. The minimum Gasteiger partial charge on any atom is -0.316 e. The van der Waals surface area contributed by atoms with Crippen LogP contribution in [0.25, 0.3) is 5.78 Å². The Hall–Kier alpha value is -1.63. The van der Waals surface area contributed by atoms with Gasteiger partial charge >= 0.3 is 6.18 Å². The molecular weight excluding hydrogens is 257 g/mol. The van der Waals surface area contributed by atoms with Crippen molar-refractivity contribution in [1.29, 1.82) is 0 Å². The van der Waals surface area contributed by atoms with E-state index < -0.39 is 11.9 Å². The average Bonchev–Trinajstić information content (AvgIpc) is 2.85. The molecule has 0 bridgehead atoms. The molecule has 1 atom stereocenters. The molecule has 0 saturated carbocycles. The lowest BCUT2D eigenvalue weighted by Gasteiger charge is -2.24. The highest BCUT2D eigenvalue weighted by atomic mass is 19.4. The zero-order valence-electron chi connectivity index (χ0n) is 10.1. The molecule has 1 aliphatic rings. The second-order valence-electron chi connectivity index (χ2n) is 4.70. The SMILES string of the molecule is FC(F)(F)c1cc(C2CCCNC2)n2ccnc2n1. The number of aromatic nitrogens is 3.